The summed E-state index contributed by atoms with van der Waals surface area (Å²) in [6.07, 6.45) is 4.14. The van der Waals surface area contributed by atoms with Crippen LogP contribution in [0.2, 0.25) is 0 Å². The van der Waals surface area contributed by atoms with Crippen LogP contribution >= 0.6 is 0 Å². The SMILES string of the molecule is C1=C[C@@]2(c3ccccc3)C(CO1)[C@@H]2c1ccccc1. The molecule has 94 valence electrons. The van der Waals surface area contributed by atoms with Gasteiger partial charge in [0, 0.05) is 17.3 Å². The first kappa shape index (κ1) is 10.9. The second-order valence-corrected chi connectivity index (χ2v) is 5.43. The molecule has 0 N–H and O–H groups in total. The van der Waals surface area contributed by atoms with Crippen molar-refractivity contribution in [3.05, 3.63) is 84.1 Å². The third-order valence-corrected chi connectivity index (χ3v) is 4.57. The topological polar surface area (TPSA) is 9.23 Å². The monoisotopic (exact) mass is 248 g/mol. The Morgan fingerprint density at radius 3 is 2.32 bits per heavy atom. The second-order valence-electron chi connectivity index (χ2n) is 5.43. The van der Waals surface area contributed by atoms with Crippen molar-refractivity contribution in [2.45, 2.75) is 11.3 Å². The van der Waals surface area contributed by atoms with Crippen molar-refractivity contribution in [3.63, 3.8) is 0 Å². The van der Waals surface area contributed by atoms with Gasteiger partial charge >= 0.3 is 0 Å². The minimum absolute atomic E-state index is 0.154. The standard InChI is InChI=1S/C18H16O/c1-3-7-14(8-4-1)17-16-13-19-12-11-18(16,17)15-9-5-2-6-10-15/h1-12,16-17H,13H2/t16?,17-,18+/m0/s1. The quantitative estimate of drug-likeness (QED) is 0.783. The molecule has 2 aromatic rings. The molecule has 2 aliphatic rings. The van der Waals surface area contributed by atoms with Gasteiger partial charge in [0.1, 0.15) is 0 Å². The van der Waals surface area contributed by atoms with Gasteiger partial charge in [-0.1, -0.05) is 60.7 Å². The Morgan fingerprint density at radius 2 is 1.58 bits per heavy atom. The Morgan fingerprint density at radius 1 is 0.895 bits per heavy atom. The summed E-state index contributed by atoms with van der Waals surface area (Å²) >= 11 is 0. The summed E-state index contributed by atoms with van der Waals surface area (Å²) in [5.41, 5.74) is 2.99. The highest BCUT2D eigenvalue weighted by Crippen LogP contribution is 2.67. The van der Waals surface area contributed by atoms with Crippen molar-refractivity contribution in [3.8, 4) is 0 Å². The van der Waals surface area contributed by atoms with E-state index >= 15 is 0 Å². The van der Waals surface area contributed by atoms with Crippen LogP contribution in [0.4, 0.5) is 0 Å². The van der Waals surface area contributed by atoms with Crippen molar-refractivity contribution < 1.29 is 4.74 Å². The smallest absolute Gasteiger partial charge is 0.0919 e. The van der Waals surface area contributed by atoms with Crippen molar-refractivity contribution in [1.29, 1.82) is 0 Å². The normalized spacial score (nSPS) is 31.4. The summed E-state index contributed by atoms with van der Waals surface area (Å²) in [4.78, 5) is 0. The van der Waals surface area contributed by atoms with Crippen LogP contribution in [0.1, 0.15) is 17.0 Å². The largest absolute Gasteiger partial charge is 0.501 e. The number of allylic oxidation sites excluding steroid dienone is 1. The van der Waals surface area contributed by atoms with Crippen molar-refractivity contribution in [1.82, 2.24) is 0 Å². The summed E-state index contributed by atoms with van der Waals surface area (Å²) in [7, 11) is 0. The summed E-state index contributed by atoms with van der Waals surface area (Å²) in [5, 5.41) is 0. The van der Waals surface area contributed by atoms with Crippen LogP contribution in [-0.4, -0.2) is 6.61 Å². The van der Waals surface area contributed by atoms with E-state index < -0.39 is 0 Å². The molecule has 1 aliphatic heterocycles. The molecule has 0 bridgehead atoms. The maximum Gasteiger partial charge on any atom is 0.0919 e. The lowest BCUT2D eigenvalue weighted by Gasteiger charge is -2.17. The zero-order valence-corrected chi connectivity index (χ0v) is 10.7. The van der Waals surface area contributed by atoms with Crippen molar-refractivity contribution >= 4 is 0 Å². The van der Waals surface area contributed by atoms with E-state index in [1.807, 2.05) is 6.26 Å². The molecule has 1 saturated carbocycles. The molecule has 0 spiro atoms. The number of hydrogen-bond acceptors (Lipinski definition) is 1. The fraction of sp³-hybridized carbons (Fsp3) is 0.222. The molecule has 1 unspecified atom stereocenters. The minimum Gasteiger partial charge on any atom is -0.501 e. The van der Waals surface area contributed by atoms with Gasteiger partial charge in [0.15, 0.2) is 0 Å². The number of hydrogen-bond donors (Lipinski definition) is 0. The highest BCUT2D eigenvalue weighted by atomic mass is 16.5. The van der Waals surface area contributed by atoms with E-state index in [1.54, 1.807) is 0 Å². The van der Waals surface area contributed by atoms with Crippen LogP contribution in [0, 0.1) is 5.92 Å². The first-order valence-corrected chi connectivity index (χ1v) is 6.83. The van der Waals surface area contributed by atoms with Gasteiger partial charge in [0.25, 0.3) is 0 Å². The average molecular weight is 248 g/mol. The summed E-state index contributed by atoms with van der Waals surface area (Å²) < 4.78 is 5.54. The first-order chi connectivity index (χ1) is 9.43. The Bertz CT molecular complexity index is 602. The van der Waals surface area contributed by atoms with E-state index in [9.17, 15) is 0 Å². The predicted molar refractivity (Wildman–Crippen MR) is 75.9 cm³/mol. The van der Waals surface area contributed by atoms with Gasteiger partial charge < -0.3 is 4.74 Å². The number of benzene rings is 2. The van der Waals surface area contributed by atoms with E-state index in [0.29, 0.717) is 11.8 Å². The van der Waals surface area contributed by atoms with Gasteiger partial charge in [0.2, 0.25) is 0 Å². The van der Waals surface area contributed by atoms with Crippen LogP contribution in [0.3, 0.4) is 0 Å². The molecule has 19 heavy (non-hydrogen) atoms. The second kappa shape index (κ2) is 3.99. The number of ether oxygens (including phenoxy) is 1. The lowest BCUT2D eigenvalue weighted by molar-refractivity contribution is 0.212. The van der Waals surface area contributed by atoms with Crippen LogP contribution in [0.5, 0.6) is 0 Å². The van der Waals surface area contributed by atoms with Crippen LogP contribution in [-0.2, 0) is 10.2 Å². The summed E-state index contributed by atoms with van der Waals surface area (Å²) in [5.74, 6) is 1.12. The highest BCUT2D eigenvalue weighted by Gasteiger charge is 2.65. The summed E-state index contributed by atoms with van der Waals surface area (Å²) in [6, 6.07) is 21.6. The van der Waals surface area contributed by atoms with Crippen molar-refractivity contribution in [2.24, 2.45) is 5.92 Å². The van der Waals surface area contributed by atoms with Gasteiger partial charge in [-0.2, -0.15) is 0 Å². The van der Waals surface area contributed by atoms with Gasteiger partial charge in [0.05, 0.1) is 12.9 Å². The molecule has 0 amide bonds. The molecule has 0 radical (unpaired) electrons. The fourth-order valence-electron chi connectivity index (χ4n) is 3.65. The number of rotatable bonds is 2. The van der Waals surface area contributed by atoms with Gasteiger partial charge in [-0.3, -0.25) is 0 Å². The Hall–Kier alpha value is -2.02. The van der Waals surface area contributed by atoms with Crippen LogP contribution in [0.25, 0.3) is 0 Å². The molecule has 1 fully saturated rings. The summed E-state index contributed by atoms with van der Waals surface area (Å²) in [6.45, 7) is 0.824. The van der Waals surface area contributed by atoms with Crippen LogP contribution in [0.15, 0.2) is 73.0 Å². The molecule has 0 saturated heterocycles. The van der Waals surface area contributed by atoms with E-state index in [2.05, 4.69) is 66.7 Å². The molecule has 1 nitrogen and oxygen atoms in total. The maximum absolute atomic E-state index is 5.54. The van der Waals surface area contributed by atoms with E-state index in [-0.39, 0.29) is 5.41 Å². The third kappa shape index (κ3) is 1.48. The maximum atomic E-state index is 5.54. The average Bonchev–Trinajstić information content (AvgIpc) is 3.19. The molecule has 1 heteroatoms. The highest BCUT2D eigenvalue weighted by molar-refractivity contribution is 5.51. The van der Waals surface area contributed by atoms with Gasteiger partial charge in [-0.15, -0.1) is 0 Å². The lowest BCUT2D eigenvalue weighted by Crippen LogP contribution is -2.13. The molecule has 1 aliphatic carbocycles. The minimum atomic E-state index is 0.154. The Kier molecular flexibility index (Phi) is 2.28. The molecule has 4 rings (SSSR count). The lowest BCUT2D eigenvalue weighted by atomic mass is 9.89. The third-order valence-electron chi connectivity index (χ3n) is 4.57. The zero-order valence-electron chi connectivity index (χ0n) is 10.7. The fourth-order valence-corrected chi connectivity index (χ4v) is 3.65. The van der Waals surface area contributed by atoms with E-state index in [1.165, 1.54) is 11.1 Å². The van der Waals surface area contributed by atoms with Gasteiger partial charge in [-0.05, 0) is 17.2 Å². The van der Waals surface area contributed by atoms with Crippen LogP contribution < -0.4 is 0 Å². The van der Waals surface area contributed by atoms with E-state index in [4.69, 9.17) is 4.74 Å². The van der Waals surface area contributed by atoms with Crippen molar-refractivity contribution in [2.75, 3.05) is 6.61 Å². The molecular weight excluding hydrogens is 232 g/mol. The molecule has 0 aromatic heterocycles. The van der Waals surface area contributed by atoms with Gasteiger partial charge in [-0.25, -0.2) is 0 Å². The Labute approximate surface area is 113 Å². The Balaban J connectivity index is 1.81. The first-order valence-electron chi connectivity index (χ1n) is 6.83. The van der Waals surface area contributed by atoms with E-state index in [0.717, 1.165) is 6.61 Å². The molecule has 2 aromatic carbocycles. The zero-order chi connectivity index (χ0) is 12.7. The number of fused-ring (bicyclic) bond motifs is 1. The predicted octanol–water partition coefficient (Wildman–Crippen LogP) is 3.88. The molecular formula is C18H16O. The molecule has 1 heterocycles. The molecule has 3 atom stereocenters.